The van der Waals surface area contributed by atoms with Crippen molar-refractivity contribution in [2.24, 2.45) is 0 Å². The van der Waals surface area contributed by atoms with E-state index in [2.05, 4.69) is 42.3 Å². The molecule has 2 rings (SSSR count). The Kier molecular flexibility index (Phi) is 6.22. The number of hydrogen-bond donors (Lipinski definition) is 1. The fourth-order valence-electron chi connectivity index (χ4n) is 2.36. The Balaban J connectivity index is 1.82. The van der Waals surface area contributed by atoms with Crippen LogP contribution in [-0.4, -0.2) is 24.2 Å². The molecule has 1 N–H and O–H groups in total. The van der Waals surface area contributed by atoms with E-state index in [9.17, 15) is 0 Å². The number of nitrogens with one attached hydrogen (secondary N) is 1. The first-order chi connectivity index (χ1) is 10.3. The van der Waals surface area contributed by atoms with Gasteiger partial charge in [0.1, 0.15) is 5.75 Å². The first kappa shape index (κ1) is 15.5. The summed E-state index contributed by atoms with van der Waals surface area (Å²) in [6, 6.07) is 14.6. The maximum atomic E-state index is 5.84. The lowest BCUT2D eigenvalue weighted by atomic mass is 10.1. The highest BCUT2D eigenvalue weighted by molar-refractivity contribution is 5.27. The average Bonchev–Trinajstić information content (AvgIpc) is 2.48. The molecule has 0 fully saturated rings. The quantitative estimate of drug-likeness (QED) is 0.807. The number of aryl methyl sites for hydroxylation is 1. The molecule has 1 heterocycles. The van der Waals surface area contributed by atoms with E-state index in [-0.39, 0.29) is 0 Å². The Morgan fingerprint density at radius 1 is 1.19 bits per heavy atom. The van der Waals surface area contributed by atoms with Crippen LogP contribution in [0, 0.1) is 6.92 Å². The van der Waals surface area contributed by atoms with Gasteiger partial charge in [0.15, 0.2) is 0 Å². The Labute approximate surface area is 127 Å². The highest BCUT2D eigenvalue weighted by Gasteiger charge is 2.09. The number of rotatable bonds is 8. The van der Waals surface area contributed by atoms with E-state index in [4.69, 9.17) is 4.74 Å². The van der Waals surface area contributed by atoms with Gasteiger partial charge in [-0.05, 0) is 49.7 Å². The van der Waals surface area contributed by atoms with E-state index in [1.165, 1.54) is 5.56 Å². The maximum absolute atomic E-state index is 5.84. The molecule has 0 spiro atoms. The Morgan fingerprint density at radius 3 is 2.81 bits per heavy atom. The van der Waals surface area contributed by atoms with Crippen LogP contribution in [0.15, 0.2) is 48.7 Å². The predicted octanol–water partition coefficient (Wildman–Crippen LogP) is 3.38. The van der Waals surface area contributed by atoms with E-state index in [1.54, 1.807) is 0 Å². The van der Waals surface area contributed by atoms with Gasteiger partial charge < -0.3 is 10.1 Å². The molecule has 1 atom stereocenters. The number of nitrogens with zero attached hydrogens (tertiary/aromatic N) is 1. The van der Waals surface area contributed by atoms with E-state index in [0.29, 0.717) is 12.6 Å². The van der Waals surface area contributed by atoms with E-state index in [0.717, 1.165) is 30.8 Å². The van der Waals surface area contributed by atoms with Crippen LogP contribution in [0.5, 0.6) is 5.75 Å². The highest BCUT2D eigenvalue weighted by atomic mass is 16.5. The molecule has 0 saturated heterocycles. The third-order valence-electron chi connectivity index (χ3n) is 3.40. The lowest BCUT2D eigenvalue weighted by molar-refractivity contribution is 0.285. The second-order valence-corrected chi connectivity index (χ2v) is 5.23. The molecule has 0 saturated carbocycles. The molecule has 21 heavy (non-hydrogen) atoms. The van der Waals surface area contributed by atoms with E-state index >= 15 is 0 Å². The standard InChI is InChI=1S/C18H24N2O/c1-3-19-17(14-16-8-4-5-11-20-16)10-12-21-18-9-6-7-15(2)13-18/h4-9,11,13,17,19H,3,10,12,14H2,1-2H3. The Hall–Kier alpha value is -1.87. The van der Waals surface area contributed by atoms with Crippen molar-refractivity contribution in [3.8, 4) is 5.75 Å². The highest BCUT2D eigenvalue weighted by Crippen LogP contribution is 2.13. The number of pyridine rings is 1. The van der Waals surface area contributed by atoms with Gasteiger partial charge in [0.25, 0.3) is 0 Å². The van der Waals surface area contributed by atoms with Crippen LogP contribution in [0.2, 0.25) is 0 Å². The molecule has 1 unspecified atom stereocenters. The van der Waals surface area contributed by atoms with Gasteiger partial charge in [0, 0.05) is 24.4 Å². The van der Waals surface area contributed by atoms with Gasteiger partial charge in [-0.25, -0.2) is 0 Å². The fourth-order valence-corrected chi connectivity index (χ4v) is 2.36. The van der Waals surface area contributed by atoms with Gasteiger partial charge in [-0.1, -0.05) is 25.1 Å². The molecule has 0 aliphatic carbocycles. The van der Waals surface area contributed by atoms with Crippen molar-refractivity contribution in [3.05, 3.63) is 59.9 Å². The SMILES string of the molecule is CCNC(CCOc1cccc(C)c1)Cc1ccccn1. The molecule has 112 valence electrons. The first-order valence-electron chi connectivity index (χ1n) is 7.60. The van der Waals surface area contributed by atoms with Crippen LogP contribution in [0.3, 0.4) is 0 Å². The van der Waals surface area contributed by atoms with E-state index < -0.39 is 0 Å². The summed E-state index contributed by atoms with van der Waals surface area (Å²) in [5.41, 5.74) is 2.35. The van der Waals surface area contributed by atoms with Gasteiger partial charge in [-0.15, -0.1) is 0 Å². The predicted molar refractivity (Wildman–Crippen MR) is 86.7 cm³/mol. The minimum absolute atomic E-state index is 0.398. The molecule has 0 bridgehead atoms. The first-order valence-corrected chi connectivity index (χ1v) is 7.60. The molecule has 0 amide bonds. The molecule has 3 heteroatoms. The maximum Gasteiger partial charge on any atom is 0.119 e. The largest absolute Gasteiger partial charge is 0.494 e. The zero-order chi connectivity index (χ0) is 14.9. The third-order valence-corrected chi connectivity index (χ3v) is 3.40. The van der Waals surface area contributed by atoms with Crippen molar-refractivity contribution in [2.75, 3.05) is 13.2 Å². The van der Waals surface area contributed by atoms with Crippen LogP contribution in [0.25, 0.3) is 0 Å². The number of hydrogen-bond acceptors (Lipinski definition) is 3. The van der Waals surface area contributed by atoms with Gasteiger partial charge in [-0.2, -0.15) is 0 Å². The number of aromatic nitrogens is 1. The van der Waals surface area contributed by atoms with Crippen LogP contribution in [0.1, 0.15) is 24.6 Å². The van der Waals surface area contributed by atoms with Gasteiger partial charge in [0.2, 0.25) is 0 Å². The average molecular weight is 284 g/mol. The van der Waals surface area contributed by atoms with Crippen molar-refractivity contribution in [1.82, 2.24) is 10.3 Å². The minimum atomic E-state index is 0.398. The zero-order valence-corrected chi connectivity index (χ0v) is 12.9. The van der Waals surface area contributed by atoms with Crippen molar-refractivity contribution in [1.29, 1.82) is 0 Å². The zero-order valence-electron chi connectivity index (χ0n) is 12.9. The summed E-state index contributed by atoms with van der Waals surface area (Å²) >= 11 is 0. The summed E-state index contributed by atoms with van der Waals surface area (Å²) in [4.78, 5) is 4.40. The number of likely N-dealkylation sites (N-methyl/N-ethyl adjacent to an activating group) is 1. The van der Waals surface area contributed by atoms with Crippen molar-refractivity contribution in [2.45, 2.75) is 32.7 Å². The fraction of sp³-hybridized carbons (Fsp3) is 0.389. The summed E-state index contributed by atoms with van der Waals surface area (Å²) in [5.74, 6) is 0.947. The van der Waals surface area contributed by atoms with Crippen molar-refractivity contribution >= 4 is 0 Å². The smallest absolute Gasteiger partial charge is 0.119 e. The molecule has 3 nitrogen and oxygen atoms in total. The Morgan fingerprint density at radius 2 is 2.10 bits per heavy atom. The number of ether oxygens (including phenoxy) is 1. The van der Waals surface area contributed by atoms with Crippen LogP contribution < -0.4 is 10.1 Å². The monoisotopic (exact) mass is 284 g/mol. The summed E-state index contributed by atoms with van der Waals surface area (Å²) < 4.78 is 5.84. The molecular weight excluding hydrogens is 260 g/mol. The van der Waals surface area contributed by atoms with Crippen LogP contribution in [0.4, 0.5) is 0 Å². The number of benzene rings is 1. The van der Waals surface area contributed by atoms with Crippen molar-refractivity contribution in [3.63, 3.8) is 0 Å². The summed E-state index contributed by atoms with van der Waals surface area (Å²) in [5, 5.41) is 3.51. The molecule has 2 aromatic rings. The lowest BCUT2D eigenvalue weighted by Gasteiger charge is -2.18. The summed E-state index contributed by atoms with van der Waals surface area (Å²) in [6.45, 7) is 5.89. The summed E-state index contributed by atoms with van der Waals surface area (Å²) in [6.07, 6.45) is 3.76. The van der Waals surface area contributed by atoms with Gasteiger partial charge >= 0.3 is 0 Å². The van der Waals surface area contributed by atoms with Crippen LogP contribution >= 0.6 is 0 Å². The van der Waals surface area contributed by atoms with Crippen molar-refractivity contribution < 1.29 is 4.74 Å². The molecule has 1 aromatic heterocycles. The van der Waals surface area contributed by atoms with Crippen LogP contribution in [-0.2, 0) is 6.42 Å². The Bertz CT molecular complexity index is 528. The minimum Gasteiger partial charge on any atom is -0.494 e. The normalized spacial score (nSPS) is 12.1. The topological polar surface area (TPSA) is 34.1 Å². The third kappa shape index (κ3) is 5.56. The summed E-state index contributed by atoms with van der Waals surface area (Å²) in [7, 11) is 0. The molecule has 0 aliphatic heterocycles. The molecule has 0 aliphatic rings. The van der Waals surface area contributed by atoms with Gasteiger partial charge in [-0.3, -0.25) is 4.98 Å². The van der Waals surface area contributed by atoms with Gasteiger partial charge in [0.05, 0.1) is 6.61 Å². The second-order valence-electron chi connectivity index (χ2n) is 5.23. The molecular formula is C18H24N2O. The molecule has 0 radical (unpaired) electrons. The lowest BCUT2D eigenvalue weighted by Crippen LogP contribution is -2.32. The second kappa shape index (κ2) is 8.42. The van der Waals surface area contributed by atoms with E-state index in [1.807, 2.05) is 30.5 Å². The molecule has 1 aromatic carbocycles.